The van der Waals surface area contributed by atoms with Crippen LogP contribution in [0, 0.1) is 6.92 Å². The van der Waals surface area contributed by atoms with Gasteiger partial charge in [-0.3, -0.25) is 4.79 Å². The van der Waals surface area contributed by atoms with Crippen LogP contribution < -0.4 is 5.32 Å². The van der Waals surface area contributed by atoms with Crippen LogP contribution in [0.5, 0.6) is 0 Å². The number of hydrogen-bond donors (Lipinski definition) is 1. The number of anilines is 1. The Morgan fingerprint density at radius 1 is 1.07 bits per heavy atom. The zero-order valence-electron chi connectivity index (χ0n) is 15.4. The Morgan fingerprint density at radius 3 is 2.66 bits per heavy atom. The molecule has 1 amide bonds. The van der Waals surface area contributed by atoms with Crippen LogP contribution in [0.25, 0.3) is 22.6 Å². The average molecular weight is 443 g/mol. The van der Waals surface area contributed by atoms with Crippen LogP contribution in [0.3, 0.4) is 0 Å². The molecule has 4 rings (SSSR count). The van der Waals surface area contributed by atoms with Crippen LogP contribution >= 0.6 is 35.0 Å². The molecule has 4 aromatic rings. The van der Waals surface area contributed by atoms with Crippen molar-refractivity contribution in [1.29, 1.82) is 0 Å². The third-order valence-corrected chi connectivity index (χ3v) is 5.81. The van der Waals surface area contributed by atoms with Gasteiger partial charge in [-0.1, -0.05) is 29.3 Å². The summed E-state index contributed by atoms with van der Waals surface area (Å²) in [6.07, 6.45) is 0. The van der Waals surface area contributed by atoms with Crippen LogP contribution in [0.4, 0.5) is 5.69 Å². The van der Waals surface area contributed by atoms with Crippen molar-refractivity contribution in [3.63, 3.8) is 0 Å². The van der Waals surface area contributed by atoms with Gasteiger partial charge in [-0.05, 0) is 67.1 Å². The quantitative estimate of drug-likeness (QED) is 0.343. The number of carbonyl (C=O) groups is 1. The molecule has 1 heterocycles. The van der Waals surface area contributed by atoms with Gasteiger partial charge in [0.2, 0.25) is 11.8 Å². The van der Waals surface area contributed by atoms with Crippen LogP contribution in [-0.2, 0) is 4.79 Å². The average Bonchev–Trinajstić information content (AvgIpc) is 3.12. The predicted octanol–water partition coefficient (Wildman–Crippen LogP) is 6.84. The summed E-state index contributed by atoms with van der Waals surface area (Å²) in [5.41, 5.74) is 3.86. The fraction of sp³-hybridized carbons (Fsp3) is 0.0909. The molecule has 0 spiro atoms. The second-order valence-corrected chi connectivity index (χ2v) is 8.37. The Kier molecular flexibility index (Phi) is 5.81. The normalized spacial score (nSPS) is 11.0. The molecule has 0 saturated carbocycles. The van der Waals surface area contributed by atoms with E-state index in [-0.39, 0.29) is 11.7 Å². The number of carbonyl (C=O) groups excluding carboxylic acids is 1. The fourth-order valence-electron chi connectivity index (χ4n) is 2.78. The highest BCUT2D eigenvalue weighted by atomic mass is 35.5. The third kappa shape index (κ3) is 4.75. The summed E-state index contributed by atoms with van der Waals surface area (Å²) in [5, 5.41) is 3.97. The lowest BCUT2D eigenvalue weighted by atomic mass is 10.2. The zero-order valence-corrected chi connectivity index (χ0v) is 17.7. The van der Waals surface area contributed by atoms with Crippen molar-refractivity contribution in [3.05, 3.63) is 76.3 Å². The van der Waals surface area contributed by atoms with Gasteiger partial charge in [-0.25, -0.2) is 4.98 Å². The van der Waals surface area contributed by atoms with Gasteiger partial charge >= 0.3 is 0 Å². The van der Waals surface area contributed by atoms with Crippen molar-refractivity contribution < 1.29 is 9.21 Å². The predicted molar refractivity (Wildman–Crippen MR) is 120 cm³/mol. The van der Waals surface area contributed by atoms with Crippen LogP contribution in [0.2, 0.25) is 10.0 Å². The number of amides is 1. The van der Waals surface area contributed by atoms with Crippen molar-refractivity contribution in [3.8, 4) is 11.5 Å². The molecule has 29 heavy (non-hydrogen) atoms. The van der Waals surface area contributed by atoms with Crippen LogP contribution in [0.15, 0.2) is 70.0 Å². The van der Waals surface area contributed by atoms with Gasteiger partial charge < -0.3 is 9.73 Å². The molecule has 0 atom stereocenters. The standard InChI is InChI=1S/C22H16Cl2N2O2S/c1-13-2-9-18-20(10-13)28-22(26-18)14-3-8-17(24)19(11-14)25-21(27)12-29-16-6-4-15(23)5-7-16/h2-11H,12H2,1H3,(H,25,27). The van der Waals surface area contributed by atoms with Crippen molar-refractivity contribution >= 4 is 57.7 Å². The number of halogens is 2. The van der Waals surface area contributed by atoms with Gasteiger partial charge in [0.15, 0.2) is 5.58 Å². The molecular weight excluding hydrogens is 427 g/mol. The minimum Gasteiger partial charge on any atom is -0.436 e. The summed E-state index contributed by atoms with van der Waals surface area (Å²) in [5.74, 6) is 0.579. The van der Waals surface area contributed by atoms with Gasteiger partial charge in [0, 0.05) is 15.5 Å². The highest BCUT2D eigenvalue weighted by Crippen LogP contribution is 2.31. The van der Waals surface area contributed by atoms with Crippen LogP contribution in [0.1, 0.15) is 5.56 Å². The number of nitrogens with one attached hydrogen (secondary N) is 1. The number of thioether (sulfide) groups is 1. The first-order valence-electron chi connectivity index (χ1n) is 8.83. The molecular formula is C22H16Cl2N2O2S. The molecule has 0 aliphatic rings. The highest BCUT2D eigenvalue weighted by Gasteiger charge is 2.13. The molecule has 1 aromatic heterocycles. The van der Waals surface area contributed by atoms with E-state index in [1.165, 1.54) is 11.8 Å². The molecule has 0 fully saturated rings. The Balaban J connectivity index is 1.50. The lowest BCUT2D eigenvalue weighted by molar-refractivity contribution is -0.113. The van der Waals surface area contributed by atoms with Crippen molar-refractivity contribution in [2.45, 2.75) is 11.8 Å². The molecule has 3 aromatic carbocycles. The second kappa shape index (κ2) is 8.49. The molecule has 7 heteroatoms. The Bertz CT molecular complexity index is 1190. The van der Waals surface area contributed by atoms with E-state index in [0.29, 0.717) is 21.6 Å². The topological polar surface area (TPSA) is 55.1 Å². The molecule has 146 valence electrons. The first-order chi connectivity index (χ1) is 14.0. The maximum Gasteiger partial charge on any atom is 0.234 e. The molecule has 1 N–H and O–H groups in total. The van der Waals surface area contributed by atoms with Gasteiger partial charge in [0.05, 0.1) is 16.5 Å². The molecule has 0 unspecified atom stereocenters. The maximum absolute atomic E-state index is 12.4. The van der Waals surface area contributed by atoms with Gasteiger partial charge in [0.1, 0.15) is 5.52 Å². The number of oxazole rings is 1. The van der Waals surface area contributed by atoms with E-state index in [1.807, 2.05) is 43.3 Å². The second-order valence-electron chi connectivity index (χ2n) is 6.48. The van der Waals surface area contributed by atoms with E-state index < -0.39 is 0 Å². The summed E-state index contributed by atoms with van der Waals surface area (Å²) in [6.45, 7) is 2.00. The summed E-state index contributed by atoms with van der Waals surface area (Å²) in [4.78, 5) is 17.9. The van der Waals surface area contributed by atoms with Gasteiger partial charge in [-0.2, -0.15) is 0 Å². The minimum absolute atomic E-state index is 0.155. The largest absolute Gasteiger partial charge is 0.436 e. The summed E-state index contributed by atoms with van der Waals surface area (Å²) < 4.78 is 5.87. The maximum atomic E-state index is 12.4. The molecule has 0 bridgehead atoms. The van der Waals surface area contributed by atoms with E-state index in [1.54, 1.807) is 24.3 Å². The first-order valence-corrected chi connectivity index (χ1v) is 10.6. The van der Waals surface area contributed by atoms with Crippen molar-refractivity contribution in [2.24, 2.45) is 0 Å². The summed E-state index contributed by atoms with van der Waals surface area (Å²) >= 11 is 13.6. The van der Waals surface area contributed by atoms with E-state index in [2.05, 4.69) is 10.3 Å². The number of nitrogens with zero attached hydrogens (tertiary/aromatic N) is 1. The monoisotopic (exact) mass is 442 g/mol. The number of benzene rings is 3. The van der Waals surface area contributed by atoms with Crippen molar-refractivity contribution in [2.75, 3.05) is 11.1 Å². The van der Waals surface area contributed by atoms with Crippen LogP contribution in [-0.4, -0.2) is 16.6 Å². The molecule has 0 aliphatic heterocycles. The lowest BCUT2D eigenvalue weighted by Crippen LogP contribution is -2.14. The van der Waals surface area contributed by atoms with E-state index in [0.717, 1.165) is 27.1 Å². The number of aryl methyl sites for hydroxylation is 1. The lowest BCUT2D eigenvalue weighted by Gasteiger charge is -2.08. The summed E-state index contributed by atoms with van der Waals surface area (Å²) in [6, 6.07) is 18.5. The Hall–Kier alpha value is -2.47. The van der Waals surface area contributed by atoms with Crippen molar-refractivity contribution in [1.82, 2.24) is 4.98 Å². The first kappa shape index (κ1) is 19.8. The highest BCUT2D eigenvalue weighted by molar-refractivity contribution is 8.00. The Morgan fingerprint density at radius 2 is 1.86 bits per heavy atom. The molecule has 0 aliphatic carbocycles. The number of fused-ring (bicyclic) bond motifs is 1. The number of aromatic nitrogens is 1. The number of hydrogen-bond acceptors (Lipinski definition) is 4. The third-order valence-electron chi connectivity index (χ3n) is 4.21. The fourth-order valence-corrected chi connectivity index (χ4v) is 3.76. The number of rotatable bonds is 5. The van der Waals surface area contributed by atoms with E-state index >= 15 is 0 Å². The summed E-state index contributed by atoms with van der Waals surface area (Å²) in [7, 11) is 0. The minimum atomic E-state index is -0.155. The van der Waals surface area contributed by atoms with E-state index in [4.69, 9.17) is 27.6 Å². The van der Waals surface area contributed by atoms with Gasteiger partial charge in [0.25, 0.3) is 0 Å². The molecule has 0 saturated heterocycles. The van der Waals surface area contributed by atoms with E-state index in [9.17, 15) is 4.79 Å². The molecule has 4 nitrogen and oxygen atoms in total. The Labute approximate surface area is 182 Å². The SMILES string of the molecule is Cc1ccc2nc(-c3ccc(Cl)c(NC(=O)CSc4ccc(Cl)cc4)c3)oc2c1. The van der Waals surface area contributed by atoms with Gasteiger partial charge in [-0.15, -0.1) is 11.8 Å². The smallest absolute Gasteiger partial charge is 0.234 e. The zero-order chi connectivity index (χ0) is 20.4. The molecule has 0 radical (unpaired) electrons.